The molecule has 1 aromatic carbocycles. The molecule has 0 aromatic heterocycles. The smallest absolute Gasteiger partial charge is 0.343 e. The molecule has 0 radical (unpaired) electrons. The van der Waals surface area contributed by atoms with Crippen molar-refractivity contribution in [2.75, 3.05) is 6.61 Å². The first kappa shape index (κ1) is 34.4. The number of allylic oxidation sites excluding steroid dienone is 1. The summed E-state index contributed by atoms with van der Waals surface area (Å²) in [5, 5.41) is 32.3. The Labute approximate surface area is 253 Å². The molecule has 43 heavy (non-hydrogen) atoms. The number of carbonyl (C=O) groups is 3. The standard InChI is InChI=1S/C33H46O10/c1-7-20(2)17-21(3)13-14-27(36)42-30-29(37)32(40-19-26(35)33(30,43-32)31(38)39)16-15-22(4)28(41-24(6)34)23(5)18-25-11-9-8-10-12-25/h8-14,20-21,23,26,28-30,35,37H,4,7,15-19H2,1-3,5-6H3,(H,38,39)/b14-13+/t20-,21+,23+,26?,28+,29+,30+,32?,33?/m0/s1. The Morgan fingerprint density at radius 2 is 1.84 bits per heavy atom. The minimum atomic E-state index is -2.44. The first-order valence-corrected chi connectivity index (χ1v) is 15.0. The summed E-state index contributed by atoms with van der Waals surface area (Å²) in [6.07, 6.45) is -0.529. The Kier molecular flexibility index (Phi) is 11.7. The Morgan fingerprint density at radius 1 is 1.16 bits per heavy atom. The van der Waals surface area contributed by atoms with Crippen LogP contribution in [0.25, 0.3) is 0 Å². The lowest BCUT2D eigenvalue weighted by atomic mass is 9.87. The monoisotopic (exact) mass is 602 g/mol. The second-order valence-corrected chi connectivity index (χ2v) is 12.1. The van der Waals surface area contributed by atoms with Crippen molar-refractivity contribution in [3.63, 3.8) is 0 Å². The van der Waals surface area contributed by atoms with Crippen molar-refractivity contribution in [3.05, 3.63) is 60.2 Å². The van der Waals surface area contributed by atoms with Crippen LogP contribution in [-0.4, -0.2) is 75.6 Å². The Balaban J connectivity index is 1.78. The van der Waals surface area contributed by atoms with E-state index in [1.165, 1.54) is 13.0 Å². The zero-order chi connectivity index (χ0) is 31.9. The lowest BCUT2D eigenvalue weighted by Crippen LogP contribution is -2.62. The van der Waals surface area contributed by atoms with E-state index in [-0.39, 0.29) is 24.7 Å². The van der Waals surface area contributed by atoms with Gasteiger partial charge in [-0.25, -0.2) is 9.59 Å². The molecule has 238 valence electrons. The van der Waals surface area contributed by atoms with Gasteiger partial charge < -0.3 is 34.3 Å². The summed E-state index contributed by atoms with van der Waals surface area (Å²) >= 11 is 0. The van der Waals surface area contributed by atoms with E-state index in [4.69, 9.17) is 18.9 Å². The fraction of sp³-hybridized carbons (Fsp3) is 0.606. The Bertz CT molecular complexity index is 1170. The fourth-order valence-corrected chi connectivity index (χ4v) is 5.95. The van der Waals surface area contributed by atoms with Crippen LogP contribution in [0, 0.1) is 17.8 Å². The highest BCUT2D eigenvalue weighted by Crippen LogP contribution is 2.49. The third-order valence-electron chi connectivity index (χ3n) is 8.50. The molecular weight excluding hydrogens is 556 g/mol. The number of carboxylic acid groups (broad SMARTS) is 1. The van der Waals surface area contributed by atoms with Crippen molar-refractivity contribution in [1.29, 1.82) is 0 Å². The quantitative estimate of drug-likeness (QED) is 0.153. The van der Waals surface area contributed by atoms with Crippen LogP contribution < -0.4 is 0 Å². The molecule has 10 heteroatoms. The lowest BCUT2D eigenvalue weighted by Gasteiger charge is -2.41. The van der Waals surface area contributed by atoms with Crippen molar-refractivity contribution in [1.82, 2.24) is 0 Å². The van der Waals surface area contributed by atoms with Crippen molar-refractivity contribution in [2.24, 2.45) is 17.8 Å². The van der Waals surface area contributed by atoms with E-state index >= 15 is 0 Å². The molecule has 0 spiro atoms. The molecule has 2 bridgehead atoms. The summed E-state index contributed by atoms with van der Waals surface area (Å²) in [5.41, 5.74) is -0.879. The number of hydrogen-bond donors (Lipinski definition) is 3. The van der Waals surface area contributed by atoms with Gasteiger partial charge in [0, 0.05) is 25.3 Å². The lowest BCUT2D eigenvalue weighted by molar-refractivity contribution is -0.333. The van der Waals surface area contributed by atoms with Gasteiger partial charge in [0.15, 0.2) is 11.9 Å². The SMILES string of the molecule is C=C(CCC12OCC(O)C(C(=O)O)(O1)[C@H](OC(=O)/C=C/[C@@H](C)C[C@@H](C)CC)[C@H]2O)[C@@H](OC(C)=O)[C@H](C)Cc1ccccc1. The number of esters is 2. The molecule has 10 nitrogen and oxygen atoms in total. The van der Waals surface area contributed by atoms with Gasteiger partial charge in [-0.3, -0.25) is 4.79 Å². The molecule has 3 unspecified atom stereocenters. The number of aliphatic carboxylic acids is 1. The molecule has 3 N–H and O–H groups in total. The van der Waals surface area contributed by atoms with E-state index in [1.54, 1.807) is 6.08 Å². The average Bonchev–Trinajstić information content (AvgIpc) is 3.17. The third-order valence-corrected chi connectivity index (χ3v) is 8.50. The van der Waals surface area contributed by atoms with Crippen LogP contribution in [0.5, 0.6) is 0 Å². The predicted molar refractivity (Wildman–Crippen MR) is 158 cm³/mol. The van der Waals surface area contributed by atoms with Crippen molar-refractivity contribution in [3.8, 4) is 0 Å². The second kappa shape index (κ2) is 14.6. The van der Waals surface area contributed by atoms with Gasteiger partial charge in [-0.1, -0.05) is 77.1 Å². The summed E-state index contributed by atoms with van der Waals surface area (Å²) in [7, 11) is 0. The summed E-state index contributed by atoms with van der Waals surface area (Å²) in [6, 6.07) is 9.71. The van der Waals surface area contributed by atoms with Crippen LogP contribution in [0.2, 0.25) is 0 Å². The van der Waals surface area contributed by atoms with Crippen LogP contribution in [0.15, 0.2) is 54.6 Å². The molecule has 2 aliphatic rings. The van der Waals surface area contributed by atoms with Crippen LogP contribution >= 0.6 is 0 Å². The first-order valence-electron chi connectivity index (χ1n) is 15.0. The highest BCUT2D eigenvalue weighted by molar-refractivity contribution is 5.85. The third kappa shape index (κ3) is 7.92. The minimum Gasteiger partial charge on any atom is -0.479 e. The fourth-order valence-electron chi connectivity index (χ4n) is 5.95. The van der Waals surface area contributed by atoms with E-state index in [0.717, 1.165) is 18.4 Å². The summed E-state index contributed by atoms with van der Waals surface area (Å²) in [6.45, 7) is 13.1. The molecule has 3 rings (SSSR count). The zero-order valence-corrected chi connectivity index (χ0v) is 25.7. The van der Waals surface area contributed by atoms with E-state index in [2.05, 4.69) is 20.4 Å². The highest BCUT2D eigenvalue weighted by atomic mass is 16.8. The Hall–Kier alpha value is -3.05. The molecule has 0 amide bonds. The van der Waals surface area contributed by atoms with Crippen molar-refractivity contribution in [2.45, 2.75) is 103 Å². The maximum absolute atomic E-state index is 12.8. The molecule has 0 aliphatic carbocycles. The van der Waals surface area contributed by atoms with Crippen LogP contribution in [0.1, 0.15) is 65.9 Å². The first-order chi connectivity index (χ1) is 20.3. The summed E-state index contributed by atoms with van der Waals surface area (Å²) in [5.74, 6) is -4.48. The molecule has 9 atom stereocenters. The van der Waals surface area contributed by atoms with Gasteiger partial charge in [0.1, 0.15) is 18.3 Å². The number of aliphatic hydroxyl groups excluding tert-OH is 2. The zero-order valence-electron chi connectivity index (χ0n) is 25.7. The van der Waals surface area contributed by atoms with E-state index < -0.39 is 60.3 Å². The molecule has 2 heterocycles. The van der Waals surface area contributed by atoms with Gasteiger partial charge >= 0.3 is 17.9 Å². The number of benzene rings is 1. The van der Waals surface area contributed by atoms with Crippen LogP contribution in [0.3, 0.4) is 0 Å². The number of fused-ring (bicyclic) bond motifs is 2. The van der Waals surface area contributed by atoms with Crippen molar-refractivity contribution >= 4 is 17.9 Å². The molecule has 2 saturated heterocycles. The number of rotatable bonds is 15. The van der Waals surface area contributed by atoms with Crippen LogP contribution in [0.4, 0.5) is 0 Å². The topological polar surface area (TPSA) is 149 Å². The molecular formula is C33H46O10. The second-order valence-electron chi connectivity index (χ2n) is 12.1. The van der Waals surface area contributed by atoms with Gasteiger partial charge in [-0.2, -0.15) is 0 Å². The van der Waals surface area contributed by atoms with Gasteiger partial charge in [0.2, 0.25) is 5.60 Å². The largest absolute Gasteiger partial charge is 0.479 e. The predicted octanol–water partition coefficient (Wildman–Crippen LogP) is 3.98. The van der Waals surface area contributed by atoms with Crippen LogP contribution in [-0.2, 0) is 39.8 Å². The van der Waals surface area contributed by atoms with Gasteiger partial charge in [-0.05, 0) is 42.2 Å². The maximum atomic E-state index is 12.8. The molecule has 2 fully saturated rings. The van der Waals surface area contributed by atoms with Gasteiger partial charge in [0.25, 0.3) is 0 Å². The number of hydrogen-bond acceptors (Lipinski definition) is 9. The highest BCUT2D eigenvalue weighted by Gasteiger charge is 2.74. The molecule has 1 aromatic rings. The molecule has 2 aliphatic heterocycles. The summed E-state index contributed by atoms with van der Waals surface area (Å²) in [4.78, 5) is 37.3. The van der Waals surface area contributed by atoms with E-state index in [1.807, 2.05) is 44.2 Å². The number of carbonyl (C=O) groups excluding carboxylic acids is 2. The maximum Gasteiger partial charge on any atom is 0.343 e. The number of ether oxygens (including phenoxy) is 4. The van der Waals surface area contributed by atoms with E-state index in [9.17, 15) is 29.7 Å². The molecule has 0 saturated carbocycles. The van der Waals surface area contributed by atoms with Gasteiger partial charge in [0.05, 0.1) is 6.61 Å². The number of aliphatic hydroxyl groups is 2. The minimum absolute atomic E-state index is 0.0700. The average molecular weight is 603 g/mol. The summed E-state index contributed by atoms with van der Waals surface area (Å²) < 4.78 is 22.7. The van der Waals surface area contributed by atoms with Gasteiger partial charge in [-0.15, -0.1) is 0 Å². The van der Waals surface area contributed by atoms with Crippen molar-refractivity contribution < 1.29 is 48.7 Å². The normalized spacial score (nSPS) is 29.4. The Morgan fingerprint density at radius 3 is 2.44 bits per heavy atom. The van der Waals surface area contributed by atoms with E-state index in [0.29, 0.717) is 17.9 Å². The number of carboxylic acids is 1.